The fraction of sp³-hybridized carbons (Fsp3) is 0.364. The van der Waals surface area contributed by atoms with E-state index in [0.29, 0.717) is 13.1 Å². The van der Waals surface area contributed by atoms with Crippen LogP contribution < -0.4 is 20.4 Å². The minimum Gasteiger partial charge on any atom is -0.321 e. The van der Waals surface area contributed by atoms with Gasteiger partial charge in [0.05, 0.1) is 0 Å². The van der Waals surface area contributed by atoms with Crippen molar-refractivity contribution in [2.45, 2.75) is 13.8 Å². The van der Waals surface area contributed by atoms with E-state index in [0.717, 1.165) is 48.7 Å². The SMILES string of the molecule is Cc1cccc(C)c1NC(=O)C[NH+]1CC[NH+](CC(=O)Nc2ccccc2)CC1. The smallest absolute Gasteiger partial charge is 0.279 e. The zero-order valence-corrected chi connectivity index (χ0v) is 16.7. The van der Waals surface area contributed by atoms with E-state index in [1.807, 2.05) is 62.4 Å². The molecular weight excluding hydrogens is 352 g/mol. The number of nitrogens with one attached hydrogen (secondary N) is 4. The van der Waals surface area contributed by atoms with Crippen LogP contribution in [0.4, 0.5) is 11.4 Å². The van der Waals surface area contributed by atoms with Gasteiger partial charge >= 0.3 is 0 Å². The van der Waals surface area contributed by atoms with Crippen molar-refractivity contribution in [3.63, 3.8) is 0 Å². The Labute approximate surface area is 166 Å². The van der Waals surface area contributed by atoms with Crippen molar-refractivity contribution in [3.05, 3.63) is 59.7 Å². The Bertz CT molecular complexity index is 794. The molecule has 1 fully saturated rings. The van der Waals surface area contributed by atoms with E-state index in [9.17, 15) is 9.59 Å². The van der Waals surface area contributed by atoms with E-state index in [4.69, 9.17) is 0 Å². The van der Waals surface area contributed by atoms with E-state index < -0.39 is 0 Å². The van der Waals surface area contributed by atoms with E-state index in [1.54, 1.807) is 0 Å². The fourth-order valence-corrected chi connectivity index (χ4v) is 3.69. The Hall–Kier alpha value is -2.70. The van der Waals surface area contributed by atoms with Crippen LogP contribution in [0.25, 0.3) is 0 Å². The zero-order valence-electron chi connectivity index (χ0n) is 16.7. The number of aryl methyl sites for hydroxylation is 2. The molecule has 0 radical (unpaired) electrons. The maximum atomic E-state index is 12.4. The van der Waals surface area contributed by atoms with Crippen LogP contribution in [-0.4, -0.2) is 51.1 Å². The number of hydrogen-bond acceptors (Lipinski definition) is 2. The topological polar surface area (TPSA) is 67.1 Å². The summed E-state index contributed by atoms with van der Waals surface area (Å²) in [6, 6.07) is 15.6. The Balaban J connectivity index is 1.41. The number of carbonyl (C=O) groups excluding carboxylic acids is 2. The molecule has 0 aliphatic carbocycles. The number of para-hydroxylation sites is 2. The average Bonchev–Trinajstić information content (AvgIpc) is 2.67. The van der Waals surface area contributed by atoms with Crippen molar-refractivity contribution >= 4 is 23.2 Å². The molecule has 0 atom stereocenters. The second-order valence-electron chi connectivity index (χ2n) is 7.58. The van der Waals surface area contributed by atoms with E-state index in [-0.39, 0.29) is 11.8 Å². The van der Waals surface area contributed by atoms with Crippen molar-refractivity contribution in [2.24, 2.45) is 0 Å². The molecule has 2 amide bonds. The molecule has 4 N–H and O–H groups in total. The molecule has 0 bridgehead atoms. The van der Waals surface area contributed by atoms with Crippen molar-refractivity contribution in [3.8, 4) is 0 Å². The fourth-order valence-electron chi connectivity index (χ4n) is 3.69. The summed E-state index contributed by atoms with van der Waals surface area (Å²) in [5.74, 6) is 0.0927. The molecule has 0 aromatic heterocycles. The number of carbonyl (C=O) groups is 2. The van der Waals surface area contributed by atoms with Crippen LogP contribution in [0.5, 0.6) is 0 Å². The minimum atomic E-state index is 0.0393. The monoisotopic (exact) mass is 382 g/mol. The second-order valence-corrected chi connectivity index (χ2v) is 7.58. The molecule has 148 valence electrons. The number of hydrogen-bond donors (Lipinski definition) is 4. The summed E-state index contributed by atoms with van der Waals surface area (Å²) in [5.41, 5.74) is 3.93. The standard InChI is InChI=1S/C22H28N4O2/c1-17-7-6-8-18(2)22(17)24-21(28)16-26-13-11-25(12-14-26)15-20(27)23-19-9-4-3-5-10-19/h3-10H,11-16H2,1-2H3,(H,23,27)(H,24,28)/p+2. The second kappa shape index (κ2) is 9.48. The summed E-state index contributed by atoms with van der Waals surface area (Å²) in [5, 5.41) is 6.01. The maximum absolute atomic E-state index is 12.4. The van der Waals surface area contributed by atoms with E-state index in [1.165, 1.54) is 9.80 Å². The maximum Gasteiger partial charge on any atom is 0.279 e. The van der Waals surface area contributed by atoms with Gasteiger partial charge in [-0.1, -0.05) is 36.4 Å². The number of anilines is 2. The highest BCUT2D eigenvalue weighted by Gasteiger charge is 2.26. The highest BCUT2D eigenvalue weighted by Crippen LogP contribution is 2.18. The zero-order chi connectivity index (χ0) is 19.9. The Morgan fingerprint density at radius 3 is 1.79 bits per heavy atom. The van der Waals surface area contributed by atoms with Gasteiger partial charge in [0.15, 0.2) is 13.1 Å². The normalized spacial score (nSPS) is 19.1. The number of rotatable bonds is 6. The lowest BCUT2D eigenvalue weighted by atomic mass is 10.1. The van der Waals surface area contributed by atoms with Gasteiger partial charge in [-0.25, -0.2) is 0 Å². The minimum absolute atomic E-state index is 0.0393. The Morgan fingerprint density at radius 1 is 0.750 bits per heavy atom. The van der Waals surface area contributed by atoms with Crippen LogP contribution in [0, 0.1) is 13.8 Å². The van der Waals surface area contributed by atoms with Gasteiger partial charge in [-0.3, -0.25) is 9.59 Å². The molecule has 6 nitrogen and oxygen atoms in total. The molecule has 1 aliphatic rings. The van der Waals surface area contributed by atoms with Gasteiger partial charge in [-0.05, 0) is 37.1 Å². The molecule has 6 heteroatoms. The van der Waals surface area contributed by atoms with Gasteiger partial charge < -0.3 is 20.4 Å². The first-order valence-electron chi connectivity index (χ1n) is 9.89. The van der Waals surface area contributed by atoms with Crippen LogP contribution in [0.2, 0.25) is 0 Å². The Kier molecular flexibility index (Phi) is 6.79. The molecule has 1 heterocycles. The predicted molar refractivity (Wildman–Crippen MR) is 111 cm³/mol. The molecule has 28 heavy (non-hydrogen) atoms. The summed E-state index contributed by atoms with van der Waals surface area (Å²) in [6.45, 7) is 8.55. The highest BCUT2D eigenvalue weighted by atomic mass is 16.2. The lowest BCUT2D eigenvalue weighted by Crippen LogP contribution is -3.28. The number of amides is 2. The summed E-state index contributed by atoms with van der Waals surface area (Å²) in [4.78, 5) is 27.2. The van der Waals surface area contributed by atoms with Gasteiger partial charge in [0.2, 0.25) is 0 Å². The molecule has 0 unspecified atom stereocenters. The van der Waals surface area contributed by atoms with Crippen LogP contribution in [0.1, 0.15) is 11.1 Å². The van der Waals surface area contributed by atoms with Gasteiger partial charge in [0.25, 0.3) is 11.8 Å². The van der Waals surface area contributed by atoms with Crippen LogP contribution >= 0.6 is 0 Å². The number of benzene rings is 2. The predicted octanol–water partition coefficient (Wildman–Crippen LogP) is -0.336. The van der Waals surface area contributed by atoms with Crippen molar-refractivity contribution in [1.82, 2.24) is 0 Å². The van der Waals surface area contributed by atoms with Crippen LogP contribution in [0.3, 0.4) is 0 Å². The molecule has 0 saturated carbocycles. The molecule has 1 aliphatic heterocycles. The third-order valence-corrected chi connectivity index (χ3v) is 5.29. The first-order valence-corrected chi connectivity index (χ1v) is 9.89. The van der Waals surface area contributed by atoms with E-state index in [2.05, 4.69) is 10.6 Å². The van der Waals surface area contributed by atoms with E-state index >= 15 is 0 Å². The molecule has 1 saturated heterocycles. The van der Waals surface area contributed by atoms with Gasteiger partial charge in [0.1, 0.15) is 26.2 Å². The van der Waals surface area contributed by atoms with Crippen LogP contribution in [-0.2, 0) is 9.59 Å². The lowest BCUT2D eigenvalue weighted by Gasteiger charge is -2.29. The van der Waals surface area contributed by atoms with Gasteiger partial charge in [-0.2, -0.15) is 0 Å². The summed E-state index contributed by atoms with van der Waals surface area (Å²) in [7, 11) is 0. The molecule has 2 aromatic carbocycles. The van der Waals surface area contributed by atoms with Gasteiger partial charge in [-0.15, -0.1) is 0 Å². The first kappa shape index (κ1) is 20.0. The first-order chi connectivity index (χ1) is 13.5. The highest BCUT2D eigenvalue weighted by molar-refractivity contribution is 5.93. The third kappa shape index (κ3) is 5.65. The number of quaternary nitrogens is 2. The van der Waals surface area contributed by atoms with Crippen LogP contribution in [0.15, 0.2) is 48.5 Å². The largest absolute Gasteiger partial charge is 0.321 e. The van der Waals surface area contributed by atoms with Crippen molar-refractivity contribution in [2.75, 3.05) is 49.9 Å². The van der Waals surface area contributed by atoms with Crippen molar-refractivity contribution in [1.29, 1.82) is 0 Å². The lowest BCUT2D eigenvalue weighted by molar-refractivity contribution is -1.00. The average molecular weight is 383 g/mol. The molecule has 0 spiro atoms. The summed E-state index contributed by atoms with van der Waals surface area (Å²) >= 11 is 0. The summed E-state index contributed by atoms with van der Waals surface area (Å²) < 4.78 is 0. The third-order valence-electron chi connectivity index (χ3n) is 5.29. The summed E-state index contributed by atoms with van der Waals surface area (Å²) in [6.07, 6.45) is 0. The molecular formula is C22H30N4O2+2. The Morgan fingerprint density at radius 2 is 1.25 bits per heavy atom. The molecule has 3 rings (SSSR count). The number of piperazine rings is 1. The van der Waals surface area contributed by atoms with Crippen molar-refractivity contribution < 1.29 is 19.4 Å². The quantitative estimate of drug-likeness (QED) is 0.553. The molecule has 2 aromatic rings. The van der Waals surface area contributed by atoms with Gasteiger partial charge in [0, 0.05) is 11.4 Å².